The van der Waals surface area contributed by atoms with Gasteiger partial charge in [0.05, 0.1) is 0 Å². The quantitative estimate of drug-likeness (QED) is 0.729. The van der Waals surface area contributed by atoms with E-state index in [9.17, 15) is 9.59 Å². The summed E-state index contributed by atoms with van der Waals surface area (Å²) in [5.74, 6) is -1.03. The van der Waals surface area contributed by atoms with Crippen LogP contribution in [0.15, 0.2) is 29.2 Å². The standard InChI is InChI=1S/C9H11NO3/c1-9(2,8(12)13)10-6-4-3-5-7(10)11/h3-6H,1-2H3,(H,12,13). The molecule has 1 aromatic heterocycles. The van der Waals surface area contributed by atoms with Gasteiger partial charge in [-0.2, -0.15) is 0 Å². The fourth-order valence-electron chi connectivity index (χ4n) is 0.992. The molecule has 70 valence electrons. The third-order valence-electron chi connectivity index (χ3n) is 1.95. The number of carbonyl (C=O) groups is 1. The van der Waals surface area contributed by atoms with E-state index in [1.54, 1.807) is 12.1 Å². The molecule has 4 nitrogen and oxygen atoms in total. The zero-order valence-electron chi connectivity index (χ0n) is 7.52. The van der Waals surface area contributed by atoms with Crippen molar-refractivity contribution in [3.8, 4) is 0 Å². The van der Waals surface area contributed by atoms with Crippen molar-refractivity contribution in [2.45, 2.75) is 19.4 Å². The Morgan fingerprint density at radius 3 is 2.54 bits per heavy atom. The SMILES string of the molecule is CC(C)(C(=O)O)n1ccccc1=O. The van der Waals surface area contributed by atoms with Crippen LogP contribution >= 0.6 is 0 Å². The summed E-state index contributed by atoms with van der Waals surface area (Å²) in [6.45, 7) is 2.97. The van der Waals surface area contributed by atoms with Gasteiger partial charge in [-0.15, -0.1) is 0 Å². The van der Waals surface area contributed by atoms with E-state index < -0.39 is 11.5 Å². The van der Waals surface area contributed by atoms with Crippen molar-refractivity contribution in [3.05, 3.63) is 34.7 Å². The number of hydrogen-bond acceptors (Lipinski definition) is 2. The van der Waals surface area contributed by atoms with E-state index in [1.165, 1.54) is 30.7 Å². The molecule has 13 heavy (non-hydrogen) atoms. The minimum Gasteiger partial charge on any atom is -0.480 e. The second-order valence-corrected chi connectivity index (χ2v) is 3.27. The number of nitrogens with zero attached hydrogens (tertiary/aromatic N) is 1. The second-order valence-electron chi connectivity index (χ2n) is 3.27. The number of hydrogen-bond donors (Lipinski definition) is 1. The molecule has 0 unspecified atom stereocenters. The Balaban J connectivity index is 3.30. The molecule has 1 N–H and O–H groups in total. The van der Waals surface area contributed by atoms with Crippen molar-refractivity contribution in [3.63, 3.8) is 0 Å². The van der Waals surface area contributed by atoms with Gasteiger partial charge in [0.1, 0.15) is 5.54 Å². The van der Waals surface area contributed by atoms with Crippen LogP contribution in [0.3, 0.4) is 0 Å². The van der Waals surface area contributed by atoms with Crippen LogP contribution in [0.1, 0.15) is 13.8 Å². The molecule has 0 amide bonds. The molecule has 0 atom stereocenters. The molecular formula is C9H11NO3. The van der Waals surface area contributed by atoms with Crippen LogP contribution in [0.25, 0.3) is 0 Å². The van der Waals surface area contributed by atoms with Gasteiger partial charge in [-0.25, -0.2) is 4.79 Å². The molecule has 0 aliphatic carbocycles. The molecular weight excluding hydrogens is 170 g/mol. The van der Waals surface area contributed by atoms with Crippen LogP contribution in [0.5, 0.6) is 0 Å². The molecule has 1 heterocycles. The van der Waals surface area contributed by atoms with Crippen molar-refractivity contribution in [1.29, 1.82) is 0 Å². The Bertz CT molecular complexity index is 378. The van der Waals surface area contributed by atoms with Gasteiger partial charge in [0, 0.05) is 12.3 Å². The number of aromatic nitrogens is 1. The van der Waals surface area contributed by atoms with Gasteiger partial charge in [0.2, 0.25) is 0 Å². The summed E-state index contributed by atoms with van der Waals surface area (Å²) in [4.78, 5) is 22.1. The Morgan fingerprint density at radius 1 is 1.46 bits per heavy atom. The fourth-order valence-corrected chi connectivity index (χ4v) is 0.992. The first-order chi connectivity index (χ1) is 5.96. The van der Waals surface area contributed by atoms with Gasteiger partial charge >= 0.3 is 5.97 Å². The molecule has 1 rings (SSSR count). The van der Waals surface area contributed by atoms with Crippen LogP contribution in [-0.2, 0) is 10.3 Å². The highest BCUT2D eigenvalue weighted by molar-refractivity contribution is 5.75. The predicted molar refractivity (Wildman–Crippen MR) is 47.7 cm³/mol. The summed E-state index contributed by atoms with van der Waals surface area (Å²) < 4.78 is 1.19. The molecule has 0 bridgehead atoms. The highest BCUT2D eigenvalue weighted by Gasteiger charge is 2.29. The van der Waals surface area contributed by atoms with E-state index in [1.807, 2.05) is 0 Å². The first kappa shape index (κ1) is 9.51. The molecule has 4 heteroatoms. The lowest BCUT2D eigenvalue weighted by atomic mass is 10.1. The van der Waals surface area contributed by atoms with Gasteiger partial charge in [0.25, 0.3) is 5.56 Å². The van der Waals surface area contributed by atoms with Crippen molar-refractivity contribution < 1.29 is 9.90 Å². The first-order valence-corrected chi connectivity index (χ1v) is 3.88. The molecule has 1 aromatic rings. The number of aliphatic carboxylic acids is 1. The van der Waals surface area contributed by atoms with E-state index in [0.717, 1.165) is 0 Å². The van der Waals surface area contributed by atoms with E-state index in [0.29, 0.717) is 0 Å². The summed E-state index contributed by atoms with van der Waals surface area (Å²) >= 11 is 0. The lowest BCUT2D eigenvalue weighted by molar-refractivity contribution is -0.145. The zero-order chi connectivity index (χ0) is 10.1. The van der Waals surface area contributed by atoms with Crippen LogP contribution in [0.2, 0.25) is 0 Å². The monoisotopic (exact) mass is 181 g/mol. The molecule has 0 fully saturated rings. The Kier molecular flexibility index (Phi) is 2.23. The molecule has 0 saturated heterocycles. The Hall–Kier alpha value is -1.58. The fraction of sp³-hybridized carbons (Fsp3) is 0.333. The molecule has 0 aliphatic rings. The van der Waals surface area contributed by atoms with Crippen molar-refractivity contribution >= 4 is 5.97 Å². The van der Waals surface area contributed by atoms with Gasteiger partial charge < -0.3 is 5.11 Å². The smallest absolute Gasteiger partial charge is 0.329 e. The average molecular weight is 181 g/mol. The van der Waals surface area contributed by atoms with Gasteiger partial charge in [-0.05, 0) is 19.9 Å². The molecule has 0 aromatic carbocycles. The van der Waals surface area contributed by atoms with E-state index >= 15 is 0 Å². The summed E-state index contributed by atoms with van der Waals surface area (Å²) in [6, 6.07) is 4.55. The highest BCUT2D eigenvalue weighted by atomic mass is 16.4. The first-order valence-electron chi connectivity index (χ1n) is 3.88. The second kappa shape index (κ2) is 3.05. The number of pyridine rings is 1. The summed E-state index contributed by atoms with van der Waals surface area (Å²) in [7, 11) is 0. The summed E-state index contributed by atoms with van der Waals surface area (Å²) in [6.07, 6.45) is 1.47. The maximum atomic E-state index is 11.3. The lowest BCUT2D eigenvalue weighted by Gasteiger charge is -2.21. The van der Waals surface area contributed by atoms with Crippen molar-refractivity contribution in [1.82, 2.24) is 4.57 Å². The number of carboxylic acid groups (broad SMARTS) is 1. The number of rotatable bonds is 2. The van der Waals surface area contributed by atoms with E-state index in [4.69, 9.17) is 5.11 Å². The van der Waals surface area contributed by atoms with Gasteiger partial charge in [-0.3, -0.25) is 9.36 Å². The van der Waals surface area contributed by atoms with Crippen LogP contribution in [0.4, 0.5) is 0 Å². The minimum atomic E-state index is -1.20. The van der Waals surface area contributed by atoms with Crippen molar-refractivity contribution in [2.75, 3.05) is 0 Å². The van der Waals surface area contributed by atoms with Gasteiger partial charge in [0.15, 0.2) is 0 Å². The third-order valence-corrected chi connectivity index (χ3v) is 1.95. The number of carboxylic acids is 1. The van der Waals surface area contributed by atoms with E-state index in [-0.39, 0.29) is 5.56 Å². The molecule has 0 aliphatic heterocycles. The topological polar surface area (TPSA) is 59.3 Å². The zero-order valence-corrected chi connectivity index (χ0v) is 7.52. The Labute approximate surface area is 75.4 Å². The molecule has 0 saturated carbocycles. The maximum Gasteiger partial charge on any atom is 0.329 e. The third kappa shape index (κ3) is 1.61. The van der Waals surface area contributed by atoms with Gasteiger partial charge in [-0.1, -0.05) is 6.07 Å². The van der Waals surface area contributed by atoms with Crippen molar-refractivity contribution in [2.24, 2.45) is 0 Å². The largest absolute Gasteiger partial charge is 0.480 e. The average Bonchev–Trinajstić information content (AvgIpc) is 2.04. The maximum absolute atomic E-state index is 11.3. The predicted octanol–water partition coefficient (Wildman–Crippen LogP) is 0.668. The normalized spacial score (nSPS) is 11.2. The molecule has 0 radical (unpaired) electrons. The minimum absolute atomic E-state index is 0.310. The Morgan fingerprint density at radius 2 is 2.08 bits per heavy atom. The highest BCUT2D eigenvalue weighted by Crippen LogP contribution is 2.11. The molecule has 0 spiro atoms. The summed E-state index contributed by atoms with van der Waals surface area (Å²) in [5, 5.41) is 8.86. The summed E-state index contributed by atoms with van der Waals surface area (Å²) in [5.41, 5.74) is -1.51. The lowest BCUT2D eigenvalue weighted by Crippen LogP contribution is -2.41. The van der Waals surface area contributed by atoms with Crippen LogP contribution in [0, 0.1) is 0 Å². The van der Waals surface area contributed by atoms with Crippen LogP contribution in [-0.4, -0.2) is 15.6 Å². The van der Waals surface area contributed by atoms with Crippen LogP contribution < -0.4 is 5.56 Å². The van der Waals surface area contributed by atoms with E-state index in [2.05, 4.69) is 0 Å².